The summed E-state index contributed by atoms with van der Waals surface area (Å²) < 4.78 is 0. The van der Waals surface area contributed by atoms with Crippen LogP contribution in [0, 0.1) is 0 Å². The van der Waals surface area contributed by atoms with Crippen molar-refractivity contribution in [3.05, 3.63) is 35.4 Å². The summed E-state index contributed by atoms with van der Waals surface area (Å²) in [5, 5.41) is 11.9. The number of carboxylic acid groups (broad SMARTS) is 1. The summed E-state index contributed by atoms with van der Waals surface area (Å²) in [6.07, 6.45) is 0.821. The molecule has 5 heteroatoms. The molecule has 0 bridgehead atoms. The smallest absolute Gasteiger partial charge is 0.321 e. The van der Waals surface area contributed by atoms with E-state index >= 15 is 0 Å². The van der Waals surface area contributed by atoms with Crippen molar-refractivity contribution in [2.45, 2.75) is 25.4 Å². The quantitative estimate of drug-likeness (QED) is 0.835. The van der Waals surface area contributed by atoms with E-state index in [-0.39, 0.29) is 5.91 Å². The molecule has 5 nitrogen and oxygen atoms in total. The zero-order valence-corrected chi connectivity index (χ0v) is 10.9. The number of carbonyl (C=O) groups excluding carboxylic acids is 1. The molecule has 1 aliphatic rings. The average Bonchev–Trinajstić information content (AvgIpc) is 2.43. The first-order valence-electron chi connectivity index (χ1n) is 6.36. The van der Waals surface area contributed by atoms with Gasteiger partial charge in [0.25, 0.3) is 0 Å². The maximum atomic E-state index is 11.3. The minimum absolute atomic E-state index is 0.0667. The summed E-state index contributed by atoms with van der Waals surface area (Å²) in [4.78, 5) is 24.5. The minimum atomic E-state index is -0.827. The van der Waals surface area contributed by atoms with Gasteiger partial charge in [0.15, 0.2) is 0 Å². The highest BCUT2D eigenvalue weighted by Crippen LogP contribution is 2.23. The summed E-state index contributed by atoms with van der Waals surface area (Å²) in [7, 11) is 1.59. The number of carboxylic acids is 1. The van der Waals surface area contributed by atoms with Crippen LogP contribution in [0.2, 0.25) is 0 Å². The largest absolute Gasteiger partial charge is 0.480 e. The van der Waals surface area contributed by atoms with Crippen molar-refractivity contribution < 1.29 is 14.7 Å². The van der Waals surface area contributed by atoms with Crippen molar-refractivity contribution >= 4 is 11.9 Å². The number of nitrogens with zero attached hydrogens (tertiary/aromatic N) is 1. The zero-order chi connectivity index (χ0) is 13.8. The van der Waals surface area contributed by atoms with Gasteiger partial charge in [-0.2, -0.15) is 0 Å². The molecule has 19 heavy (non-hydrogen) atoms. The van der Waals surface area contributed by atoms with Gasteiger partial charge in [0, 0.05) is 26.6 Å². The fraction of sp³-hybridized carbons (Fsp3) is 0.429. The van der Waals surface area contributed by atoms with Gasteiger partial charge < -0.3 is 10.4 Å². The molecule has 1 unspecified atom stereocenters. The number of rotatable bonds is 4. The normalized spacial score (nSPS) is 18.7. The fourth-order valence-corrected chi connectivity index (χ4v) is 2.43. The lowest BCUT2D eigenvalue weighted by atomic mass is 9.94. The summed E-state index contributed by atoms with van der Waals surface area (Å²) >= 11 is 0. The van der Waals surface area contributed by atoms with Crippen LogP contribution in [-0.4, -0.2) is 41.5 Å². The highest BCUT2D eigenvalue weighted by molar-refractivity contribution is 5.76. The minimum Gasteiger partial charge on any atom is -0.480 e. The van der Waals surface area contributed by atoms with Crippen molar-refractivity contribution in [2.75, 3.05) is 13.6 Å². The zero-order valence-electron chi connectivity index (χ0n) is 10.9. The number of benzene rings is 1. The molecule has 2 N–H and O–H groups in total. The van der Waals surface area contributed by atoms with E-state index in [0.29, 0.717) is 25.9 Å². The lowest BCUT2D eigenvalue weighted by Gasteiger charge is -2.34. The lowest BCUT2D eigenvalue weighted by molar-refractivity contribution is -0.144. The molecule has 0 spiro atoms. The van der Waals surface area contributed by atoms with Crippen LogP contribution in [0.4, 0.5) is 0 Å². The molecule has 0 radical (unpaired) electrons. The molecule has 1 aromatic carbocycles. The third kappa shape index (κ3) is 3.12. The van der Waals surface area contributed by atoms with Crippen LogP contribution in [0.1, 0.15) is 17.5 Å². The Labute approximate surface area is 112 Å². The molecule has 0 saturated carbocycles. The van der Waals surface area contributed by atoms with Crippen molar-refractivity contribution in [1.29, 1.82) is 0 Å². The summed E-state index contributed by atoms with van der Waals surface area (Å²) in [6, 6.07) is 7.33. The highest BCUT2D eigenvalue weighted by Gasteiger charge is 2.31. The van der Waals surface area contributed by atoms with Gasteiger partial charge in [-0.1, -0.05) is 24.3 Å². The molecule has 1 heterocycles. The van der Waals surface area contributed by atoms with Gasteiger partial charge in [-0.3, -0.25) is 14.5 Å². The van der Waals surface area contributed by atoms with E-state index in [1.165, 1.54) is 0 Å². The van der Waals surface area contributed by atoms with E-state index in [2.05, 4.69) is 5.32 Å². The van der Waals surface area contributed by atoms with Gasteiger partial charge in [-0.25, -0.2) is 0 Å². The Morgan fingerprint density at radius 3 is 2.68 bits per heavy atom. The first-order valence-corrected chi connectivity index (χ1v) is 6.36. The Kier molecular flexibility index (Phi) is 4.16. The summed E-state index contributed by atoms with van der Waals surface area (Å²) in [6.45, 7) is 1.05. The molecule has 0 aromatic heterocycles. The van der Waals surface area contributed by atoms with E-state index in [1.54, 1.807) is 7.05 Å². The van der Waals surface area contributed by atoms with Crippen molar-refractivity contribution in [3.8, 4) is 0 Å². The molecule has 102 valence electrons. The van der Waals surface area contributed by atoms with Gasteiger partial charge in [0.2, 0.25) is 5.91 Å². The first kappa shape index (κ1) is 13.5. The van der Waals surface area contributed by atoms with E-state index in [4.69, 9.17) is 0 Å². The van der Waals surface area contributed by atoms with Crippen molar-refractivity contribution in [3.63, 3.8) is 0 Å². The van der Waals surface area contributed by atoms with Crippen LogP contribution in [0.5, 0.6) is 0 Å². The molecular weight excluding hydrogens is 244 g/mol. The molecule has 1 aromatic rings. The van der Waals surface area contributed by atoms with Gasteiger partial charge in [0.1, 0.15) is 6.04 Å². The average molecular weight is 262 g/mol. The highest BCUT2D eigenvalue weighted by atomic mass is 16.4. The lowest BCUT2D eigenvalue weighted by Crippen LogP contribution is -2.46. The van der Waals surface area contributed by atoms with E-state index in [0.717, 1.165) is 11.1 Å². The molecule has 2 rings (SSSR count). The number of fused-ring (bicyclic) bond motifs is 1. The fourth-order valence-electron chi connectivity index (χ4n) is 2.43. The third-order valence-electron chi connectivity index (χ3n) is 3.54. The Morgan fingerprint density at radius 2 is 2.05 bits per heavy atom. The monoisotopic (exact) mass is 262 g/mol. The van der Waals surface area contributed by atoms with Crippen molar-refractivity contribution in [1.82, 2.24) is 10.2 Å². The third-order valence-corrected chi connectivity index (χ3v) is 3.54. The van der Waals surface area contributed by atoms with Crippen LogP contribution >= 0.6 is 0 Å². The SMILES string of the molecule is CNC(=O)CCN1Cc2ccccc2CC1C(=O)O. The van der Waals surface area contributed by atoms with E-state index < -0.39 is 12.0 Å². The van der Waals surface area contributed by atoms with Crippen LogP contribution in [0.3, 0.4) is 0 Å². The molecular formula is C14H18N2O3. The van der Waals surface area contributed by atoms with Crippen LogP contribution in [-0.2, 0) is 22.6 Å². The predicted molar refractivity (Wildman–Crippen MR) is 70.7 cm³/mol. The van der Waals surface area contributed by atoms with E-state index in [9.17, 15) is 14.7 Å². The van der Waals surface area contributed by atoms with Crippen LogP contribution < -0.4 is 5.32 Å². The number of amides is 1. The topological polar surface area (TPSA) is 69.6 Å². The Bertz CT molecular complexity index is 487. The molecule has 1 amide bonds. The van der Waals surface area contributed by atoms with Gasteiger partial charge in [-0.05, 0) is 17.5 Å². The van der Waals surface area contributed by atoms with Crippen molar-refractivity contribution in [2.24, 2.45) is 0 Å². The van der Waals surface area contributed by atoms with Crippen LogP contribution in [0.25, 0.3) is 0 Å². The Hall–Kier alpha value is -1.88. The number of aliphatic carboxylic acids is 1. The second-order valence-corrected chi connectivity index (χ2v) is 4.72. The predicted octanol–water partition coefficient (Wildman–Crippen LogP) is 0.634. The maximum absolute atomic E-state index is 11.3. The van der Waals surface area contributed by atoms with Gasteiger partial charge in [0.05, 0.1) is 0 Å². The Morgan fingerprint density at radius 1 is 1.37 bits per heavy atom. The molecule has 1 atom stereocenters. The number of hydrogen-bond acceptors (Lipinski definition) is 3. The molecule has 1 aliphatic heterocycles. The molecule has 0 aliphatic carbocycles. The number of carbonyl (C=O) groups is 2. The maximum Gasteiger partial charge on any atom is 0.321 e. The number of nitrogens with one attached hydrogen (secondary N) is 1. The summed E-state index contributed by atoms with van der Waals surface area (Å²) in [5.74, 6) is -0.894. The van der Waals surface area contributed by atoms with E-state index in [1.807, 2.05) is 29.2 Å². The summed E-state index contributed by atoms with van der Waals surface area (Å²) in [5.41, 5.74) is 2.24. The second kappa shape index (κ2) is 5.84. The van der Waals surface area contributed by atoms with Crippen LogP contribution in [0.15, 0.2) is 24.3 Å². The standard InChI is InChI=1S/C14H18N2O3/c1-15-13(17)6-7-16-9-11-5-3-2-4-10(11)8-12(16)14(18)19/h2-5,12H,6-9H2,1H3,(H,15,17)(H,18,19). The Balaban J connectivity index is 2.12. The second-order valence-electron chi connectivity index (χ2n) is 4.72. The first-order chi connectivity index (χ1) is 9.11. The molecule has 0 saturated heterocycles. The number of hydrogen-bond donors (Lipinski definition) is 2. The van der Waals surface area contributed by atoms with Gasteiger partial charge >= 0.3 is 5.97 Å². The van der Waals surface area contributed by atoms with Gasteiger partial charge in [-0.15, -0.1) is 0 Å². The molecule has 0 fully saturated rings.